The molecule has 2 aromatic rings. The Morgan fingerprint density at radius 1 is 1.19 bits per heavy atom. The molecule has 0 spiro atoms. The highest BCUT2D eigenvalue weighted by Gasteiger charge is 2.06. The van der Waals surface area contributed by atoms with E-state index in [0.717, 1.165) is 28.1 Å². The van der Waals surface area contributed by atoms with Crippen LogP contribution in [0.1, 0.15) is 36.3 Å². The van der Waals surface area contributed by atoms with Gasteiger partial charge in [0.1, 0.15) is 18.1 Å². The van der Waals surface area contributed by atoms with Gasteiger partial charge in [-0.15, -0.1) is 0 Å². The summed E-state index contributed by atoms with van der Waals surface area (Å²) in [5.74, 6) is 1.71. The van der Waals surface area contributed by atoms with E-state index in [0.29, 0.717) is 12.6 Å². The molecule has 1 N–H and O–H groups in total. The number of nitrogens with one attached hydrogen (secondary N) is 1. The molecule has 0 aliphatic rings. The fraction of sp³-hybridized carbons (Fsp3) is 0.412. The molecule has 1 heterocycles. The van der Waals surface area contributed by atoms with Gasteiger partial charge in [0.05, 0.1) is 6.26 Å². The molecule has 1 aromatic carbocycles. The Bertz CT molecular complexity index is 582. The average molecular weight is 352 g/mol. The van der Waals surface area contributed by atoms with Gasteiger partial charge in [0, 0.05) is 22.6 Å². The lowest BCUT2D eigenvalue weighted by molar-refractivity contribution is 0.270. The molecule has 3 nitrogen and oxygen atoms in total. The van der Waals surface area contributed by atoms with Crippen molar-refractivity contribution < 1.29 is 9.15 Å². The largest absolute Gasteiger partial charge is 0.486 e. The second kappa shape index (κ2) is 7.14. The lowest BCUT2D eigenvalue weighted by Gasteiger charge is -2.09. The molecule has 0 bridgehead atoms. The fourth-order valence-electron chi connectivity index (χ4n) is 2.06. The van der Waals surface area contributed by atoms with Gasteiger partial charge in [-0.2, -0.15) is 0 Å². The zero-order valence-electron chi connectivity index (χ0n) is 13.0. The highest BCUT2D eigenvalue weighted by molar-refractivity contribution is 9.10. The molecule has 0 atom stereocenters. The van der Waals surface area contributed by atoms with Crippen molar-refractivity contribution in [2.24, 2.45) is 0 Å². The van der Waals surface area contributed by atoms with Crippen molar-refractivity contribution in [2.45, 2.75) is 46.9 Å². The SMILES string of the molecule is Cc1cc(OCc2cc(CNC(C)C)co2)cc(C)c1Br. The Labute approximate surface area is 134 Å². The monoisotopic (exact) mass is 351 g/mol. The fourth-order valence-corrected chi connectivity index (χ4v) is 2.29. The van der Waals surface area contributed by atoms with Gasteiger partial charge >= 0.3 is 0 Å². The first-order valence-corrected chi connectivity index (χ1v) is 7.94. The van der Waals surface area contributed by atoms with Crippen molar-refractivity contribution in [3.63, 3.8) is 0 Å². The van der Waals surface area contributed by atoms with E-state index in [1.807, 2.05) is 18.2 Å². The predicted molar refractivity (Wildman–Crippen MR) is 88.6 cm³/mol. The van der Waals surface area contributed by atoms with Crippen LogP contribution in [0.25, 0.3) is 0 Å². The van der Waals surface area contributed by atoms with Crippen molar-refractivity contribution in [3.8, 4) is 5.75 Å². The van der Waals surface area contributed by atoms with Crippen molar-refractivity contribution in [1.29, 1.82) is 0 Å². The van der Waals surface area contributed by atoms with Crippen LogP contribution in [0.2, 0.25) is 0 Å². The summed E-state index contributed by atoms with van der Waals surface area (Å²) >= 11 is 3.56. The maximum atomic E-state index is 5.81. The molecule has 0 aliphatic heterocycles. The maximum absolute atomic E-state index is 5.81. The van der Waals surface area contributed by atoms with Crippen molar-refractivity contribution in [2.75, 3.05) is 0 Å². The molecule has 0 aliphatic carbocycles. The normalized spacial score (nSPS) is 11.1. The second-order valence-electron chi connectivity index (χ2n) is 5.62. The van der Waals surface area contributed by atoms with Crippen molar-refractivity contribution in [1.82, 2.24) is 5.32 Å². The minimum absolute atomic E-state index is 0.447. The summed E-state index contributed by atoms with van der Waals surface area (Å²) < 4.78 is 12.5. The maximum Gasteiger partial charge on any atom is 0.146 e. The van der Waals surface area contributed by atoms with Crippen LogP contribution in [0, 0.1) is 13.8 Å². The molecule has 21 heavy (non-hydrogen) atoms. The first-order chi connectivity index (χ1) is 9.95. The molecule has 0 amide bonds. The first kappa shape index (κ1) is 16.1. The Balaban J connectivity index is 1.94. The molecule has 0 saturated carbocycles. The van der Waals surface area contributed by atoms with Crippen LogP contribution < -0.4 is 10.1 Å². The standard InChI is InChI=1S/C17H22BrNO2/c1-11(2)19-8-14-7-16(20-9-14)10-21-15-5-12(3)17(18)13(4)6-15/h5-7,9,11,19H,8,10H2,1-4H3. The van der Waals surface area contributed by atoms with Crippen LogP contribution in [0.5, 0.6) is 5.75 Å². The summed E-state index contributed by atoms with van der Waals surface area (Å²) in [5.41, 5.74) is 3.49. The number of ether oxygens (including phenoxy) is 1. The Hall–Kier alpha value is -1.26. The number of furan rings is 1. The highest BCUT2D eigenvalue weighted by atomic mass is 79.9. The van der Waals surface area contributed by atoms with Gasteiger partial charge in [-0.3, -0.25) is 0 Å². The van der Waals surface area contributed by atoms with Gasteiger partial charge < -0.3 is 14.5 Å². The Kier molecular flexibility index (Phi) is 5.48. The minimum atomic E-state index is 0.447. The van der Waals surface area contributed by atoms with E-state index in [1.165, 1.54) is 11.1 Å². The van der Waals surface area contributed by atoms with Gasteiger partial charge in [-0.05, 0) is 43.2 Å². The zero-order chi connectivity index (χ0) is 15.4. The highest BCUT2D eigenvalue weighted by Crippen LogP contribution is 2.26. The average Bonchev–Trinajstić information content (AvgIpc) is 2.88. The minimum Gasteiger partial charge on any atom is -0.486 e. The molecule has 1 aromatic heterocycles. The molecule has 2 rings (SSSR count). The number of hydrogen-bond donors (Lipinski definition) is 1. The molecule has 0 radical (unpaired) electrons. The third-order valence-electron chi connectivity index (χ3n) is 3.21. The molecule has 0 saturated heterocycles. The second-order valence-corrected chi connectivity index (χ2v) is 6.41. The molecular formula is C17H22BrNO2. The lowest BCUT2D eigenvalue weighted by atomic mass is 10.1. The quantitative estimate of drug-likeness (QED) is 0.816. The van der Waals surface area contributed by atoms with Crippen LogP contribution >= 0.6 is 15.9 Å². The van der Waals surface area contributed by atoms with E-state index in [-0.39, 0.29) is 0 Å². The van der Waals surface area contributed by atoms with Gasteiger partial charge in [0.25, 0.3) is 0 Å². The third kappa shape index (κ3) is 4.61. The molecule has 114 valence electrons. The third-order valence-corrected chi connectivity index (χ3v) is 4.46. The van der Waals surface area contributed by atoms with Crippen molar-refractivity contribution >= 4 is 15.9 Å². The predicted octanol–water partition coefficient (Wildman–Crippen LogP) is 4.74. The van der Waals surface area contributed by atoms with E-state index in [2.05, 4.69) is 48.9 Å². The Morgan fingerprint density at radius 3 is 2.48 bits per heavy atom. The van der Waals surface area contributed by atoms with Crippen LogP contribution in [-0.4, -0.2) is 6.04 Å². The molecular weight excluding hydrogens is 330 g/mol. The summed E-state index contributed by atoms with van der Waals surface area (Å²) in [6, 6.07) is 6.56. The van der Waals surface area contributed by atoms with E-state index in [4.69, 9.17) is 9.15 Å². The number of aryl methyl sites for hydroxylation is 2. The van der Waals surface area contributed by atoms with Crippen LogP contribution in [-0.2, 0) is 13.2 Å². The Morgan fingerprint density at radius 2 is 1.86 bits per heavy atom. The number of hydrogen-bond acceptors (Lipinski definition) is 3. The summed E-state index contributed by atoms with van der Waals surface area (Å²) in [4.78, 5) is 0. The van der Waals surface area contributed by atoms with E-state index < -0.39 is 0 Å². The summed E-state index contributed by atoms with van der Waals surface area (Å²) in [7, 11) is 0. The summed E-state index contributed by atoms with van der Waals surface area (Å²) in [5, 5.41) is 3.36. The number of halogens is 1. The van der Waals surface area contributed by atoms with Crippen molar-refractivity contribution in [3.05, 3.63) is 51.4 Å². The topological polar surface area (TPSA) is 34.4 Å². The van der Waals surface area contributed by atoms with E-state index in [9.17, 15) is 0 Å². The molecule has 0 unspecified atom stereocenters. The van der Waals surface area contributed by atoms with Crippen LogP contribution in [0.4, 0.5) is 0 Å². The first-order valence-electron chi connectivity index (χ1n) is 7.15. The summed E-state index contributed by atoms with van der Waals surface area (Å²) in [6.07, 6.45) is 1.78. The summed E-state index contributed by atoms with van der Waals surface area (Å²) in [6.45, 7) is 9.64. The molecule has 0 fully saturated rings. The van der Waals surface area contributed by atoms with Gasteiger partial charge in [0.15, 0.2) is 0 Å². The van der Waals surface area contributed by atoms with Gasteiger partial charge in [0.2, 0.25) is 0 Å². The smallest absolute Gasteiger partial charge is 0.146 e. The van der Waals surface area contributed by atoms with Gasteiger partial charge in [-0.25, -0.2) is 0 Å². The van der Waals surface area contributed by atoms with E-state index >= 15 is 0 Å². The van der Waals surface area contributed by atoms with Crippen LogP contribution in [0.15, 0.2) is 33.4 Å². The zero-order valence-corrected chi connectivity index (χ0v) is 14.6. The van der Waals surface area contributed by atoms with Crippen LogP contribution in [0.3, 0.4) is 0 Å². The lowest BCUT2D eigenvalue weighted by Crippen LogP contribution is -2.21. The number of benzene rings is 1. The van der Waals surface area contributed by atoms with E-state index in [1.54, 1.807) is 6.26 Å². The number of rotatable bonds is 6. The van der Waals surface area contributed by atoms with Gasteiger partial charge in [-0.1, -0.05) is 29.8 Å². The molecule has 4 heteroatoms.